The minimum Gasteiger partial charge on any atom is -0.495 e. The summed E-state index contributed by atoms with van der Waals surface area (Å²) >= 11 is 0. The zero-order valence-corrected chi connectivity index (χ0v) is 20.1. The van der Waals surface area contributed by atoms with Crippen molar-refractivity contribution in [3.8, 4) is 11.5 Å². The third-order valence-corrected chi connectivity index (χ3v) is 7.75. The number of halogens is 1. The van der Waals surface area contributed by atoms with Crippen LogP contribution in [0, 0.1) is 11.7 Å². The summed E-state index contributed by atoms with van der Waals surface area (Å²) in [6.45, 7) is 0.695. The topological polar surface area (TPSA) is 84.9 Å². The number of methoxy groups -OCH3 is 1. The van der Waals surface area contributed by atoms with Gasteiger partial charge in [-0.05, 0) is 60.9 Å². The maximum absolute atomic E-state index is 13.8. The summed E-state index contributed by atoms with van der Waals surface area (Å²) in [6.07, 6.45) is 1.07. The smallest absolute Gasteiger partial charge is 0.246 e. The number of ether oxygens (including phenoxy) is 2. The number of hydrogen-bond acceptors (Lipinski definition) is 5. The number of carbonyl (C=O) groups excluding carboxylic acids is 1. The lowest BCUT2D eigenvalue weighted by Gasteiger charge is -2.31. The molecule has 0 spiro atoms. The van der Waals surface area contributed by atoms with E-state index in [9.17, 15) is 17.6 Å². The third kappa shape index (κ3) is 5.98. The lowest BCUT2D eigenvalue weighted by atomic mass is 9.99. The van der Waals surface area contributed by atoms with Crippen molar-refractivity contribution < 1.29 is 27.1 Å². The van der Waals surface area contributed by atoms with Gasteiger partial charge in [0.15, 0.2) is 0 Å². The molecule has 3 aromatic rings. The van der Waals surface area contributed by atoms with Crippen LogP contribution in [-0.2, 0) is 21.4 Å². The van der Waals surface area contributed by atoms with Crippen LogP contribution in [0.4, 0.5) is 10.1 Å². The van der Waals surface area contributed by atoms with E-state index in [2.05, 4.69) is 5.32 Å². The predicted molar refractivity (Wildman–Crippen MR) is 130 cm³/mol. The van der Waals surface area contributed by atoms with Crippen LogP contribution in [0.3, 0.4) is 0 Å². The lowest BCUT2D eigenvalue weighted by molar-refractivity contribution is -0.120. The second-order valence-electron chi connectivity index (χ2n) is 8.29. The number of hydrogen-bond donors (Lipinski definition) is 1. The Bertz CT molecular complexity index is 1270. The van der Waals surface area contributed by atoms with Gasteiger partial charge >= 0.3 is 0 Å². The van der Waals surface area contributed by atoms with Gasteiger partial charge < -0.3 is 14.8 Å². The maximum atomic E-state index is 13.8. The van der Waals surface area contributed by atoms with Crippen LogP contribution >= 0.6 is 0 Å². The molecular formula is C26H27FN2O5S. The first kappa shape index (κ1) is 24.7. The summed E-state index contributed by atoms with van der Waals surface area (Å²) in [6, 6.07) is 20.2. The Hall–Kier alpha value is -3.43. The average molecular weight is 499 g/mol. The summed E-state index contributed by atoms with van der Waals surface area (Å²) in [7, 11) is -2.70. The normalized spacial score (nSPS) is 16.5. The monoisotopic (exact) mass is 498 g/mol. The number of benzene rings is 3. The Morgan fingerprint density at radius 3 is 2.54 bits per heavy atom. The van der Waals surface area contributed by atoms with E-state index in [-0.39, 0.29) is 29.6 Å². The summed E-state index contributed by atoms with van der Waals surface area (Å²) in [5, 5.41) is 2.86. The van der Waals surface area contributed by atoms with E-state index in [0.29, 0.717) is 30.9 Å². The first-order chi connectivity index (χ1) is 16.9. The molecule has 0 saturated carbocycles. The fourth-order valence-corrected chi connectivity index (χ4v) is 5.68. The zero-order chi connectivity index (χ0) is 24.8. The molecule has 1 atom stereocenters. The first-order valence-electron chi connectivity index (χ1n) is 11.3. The van der Waals surface area contributed by atoms with Gasteiger partial charge in [-0.1, -0.05) is 30.3 Å². The highest BCUT2D eigenvalue weighted by molar-refractivity contribution is 7.89. The molecule has 1 N–H and O–H groups in total. The fourth-order valence-electron chi connectivity index (χ4n) is 3.99. The van der Waals surface area contributed by atoms with E-state index in [1.54, 1.807) is 24.3 Å². The molecule has 1 saturated heterocycles. The molecule has 35 heavy (non-hydrogen) atoms. The predicted octanol–water partition coefficient (Wildman–Crippen LogP) is 4.45. The summed E-state index contributed by atoms with van der Waals surface area (Å²) < 4.78 is 52.2. The molecule has 1 fully saturated rings. The molecule has 0 aliphatic carbocycles. The van der Waals surface area contributed by atoms with Crippen molar-refractivity contribution in [1.82, 2.24) is 4.31 Å². The van der Waals surface area contributed by atoms with Crippen molar-refractivity contribution in [2.45, 2.75) is 24.3 Å². The van der Waals surface area contributed by atoms with Crippen molar-refractivity contribution in [2.75, 3.05) is 25.5 Å². The van der Waals surface area contributed by atoms with Gasteiger partial charge in [-0.15, -0.1) is 0 Å². The molecule has 1 heterocycles. The van der Waals surface area contributed by atoms with Gasteiger partial charge in [-0.2, -0.15) is 4.31 Å². The Balaban J connectivity index is 1.38. The van der Waals surface area contributed by atoms with E-state index in [4.69, 9.17) is 9.47 Å². The van der Waals surface area contributed by atoms with E-state index in [1.165, 1.54) is 17.5 Å². The molecule has 3 aromatic carbocycles. The first-order valence-corrected chi connectivity index (χ1v) is 12.7. The van der Waals surface area contributed by atoms with E-state index >= 15 is 0 Å². The molecule has 1 amide bonds. The lowest BCUT2D eigenvalue weighted by Crippen LogP contribution is -2.43. The van der Waals surface area contributed by atoms with Crippen molar-refractivity contribution in [3.63, 3.8) is 0 Å². The van der Waals surface area contributed by atoms with Gasteiger partial charge in [0.2, 0.25) is 15.9 Å². The van der Waals surface area contributed by atoms with Crippen LogP contribution < -0.4 is 14.8 Å². The quantitative estimate of drug-likeness (QED) is 0.496. The number of sulfonamides is 1. The molecule has 0 bridgehead atoms. The number of anilines is 1. The van der Waals surface area contributed by atoms with Gasteiger partial charge in [0, 0.05) is 18.8 Å². The summed E-state index contributed by atoms with van der Waals surface area (Å²) in [5.74, 6) is -0.744. The van der Waals surface area contributed by atoms with E-state index in [1.807, 2.05) is 30.3 Å². The van der Waals surface area contributed by atoms with E-state index < -0.39 is 21.8 Å². The molecule has 0 aromatic heterocycles. The van der Waals surface area contributed by atoms with Crippen LogP contribution in [-0.4, -0.2) is 38.8 Å². The Morgan fingerprint density at radius 1 is 1.09 bits per heavy atom. The number of nitrogens with zero attached hydrogens (tertiary/aromatic N) is 1. The van der Waals surface area contributed by atoms with E-state index in [0.717, 1.165) is 17.7 Å². The van der Waals surface area contributed by atoms with Gasteiger partial charge in [0.1, 0.15) is 28.8 Å². The maximum Gasteiger partial charge on any atom is 0.246 e. The second-order valence-corrected chi connectivity index (χ2v) is 10.2. The summed E-state index contributed by atoms with van der Waals surface area (Å²) in [5.41, 5.74) is 1.64. The Morgan fingerprint density at radius 2 is 1.83 bits per heavy atom. The van der Waals surface area contributed by atoms with Crippen molar-refractivity contribution in [1.29, 1.82) is 0 Å². The highest BCUT2D eigenvalue weighted by atomic mass is 32.2. The van der Waals surface area contributed by atoms with Crippen molar-refractivity contribution >= 4 is 21.6 Å². The molecular weight excluding hydrogens is 471 g/mol. The molecule has 0 radical (unpaired) electrons. The molecule has 7 nitrogen and oxygen atoms in total. The van der Waals surface area contributed by atoms with Gasteiger partial charge in [0.25, 0.3) is 0 Å². The number of nitrogens with one attached hydrogen (secondary N) is 1. The molecule has 4 rings (SSSR count). The van der Waals surface area contributed by atoms with Crippen LogP contribution in [0.5, 0.6) is 11.5 Å². The van der Waals surface area contributed by atoms with Gasteiger partial charge in [-0.25, -0.2) is 12.8 Å². The highest BCUT2D eigenvalue weighted by Gasteiger charge is 2.35. The Labute approximate surface area is 204 Å². The SMILES string of the molecule is COc1ccc(F)cc1S(=O)(=O)N1CCC[C@@H](C(=O)Nc2ccc(OCc3ccccc3)cc2)C1. The third-order valence-electron chi connectivity index (χ3n) is 5.87. The molecule has 0 unspecified atom stereocenters. The van der Waals surface area contributed by atoms with Gasteiger partial charge in [-0.3, -0.25) is 4.79 Å². The van der Waals surface area contributed by atoms with Crippen LogP contribution in [0.15, 0.2) is 77.7 Å². The van der Waals surface area contributed by atoms with Crippen molar-refractivity contribution in [3.05, 3.63) is 84.2 Å². The minimum atomic E-state index is -4.03. The van der Waals surface area contributed by atoms with Crippen LogP contribution in [0.1, 0.15) is 18.4 Å². The molecule has 9 heteroatoms. The number of carbonyl (C=O) groups is 1. The minimum absolute atomic E-state index is 0.00606. The number of rotatable bonds is 8. The number of amides is 1. The standard InChI is InChI=1S/C26H27FN2O5S/c1-33-24-14-9-21(27)16-25(24)35(31,32)29-15-5-8-20(17-29)26(30)28-22-10-12-23(13-11-22)34-18-19-6-3-2-4-7-19/h2-4,6-7,9-14,16,20H,5,8,15,17-18H2,1H3,(H,28,30)/t20-/m1/s1. The highest BCUT2D eigenvalue weighted by Crippen LogP contribution is 2.31. The van der Waals surface area contributed by atoms with Crippen LogP contribution in [0.2, 0.25) is 0 Å². The zero-order valence-electron chi connectivity index (χ0n) is 19.3. The fraction of sp³-hybridized carbons (Fsp3) is 0.269. The van der Waals surface area contributed by atoms with Crippen molar-refractivity contribution in [2.24, 2.45) is 5.92 Å². The van der Waals surface area contributed by atoms with Crippen LogP contribution in [0.25, 0.3) is 0 Å². The average Bonchev–Trinajstić information content (AvgIpc) is 2.89. The molecule has 1 aliphatic heterocycles. The molecule has 184 valence electrons. The largest absolute Gasteiger partial charge is 0.495 e. The number of piperidine rings is 1. The van der Waals surface area contributed by atoms with Gasteiger partial charge in [0.05, 0.1) is 13.0 Å². The molecule has 1 aliphatic rings. The second kappa shape index (κ2) is 10.9. The Kier molecular flexibility index (Phi) is 7.67. The summed E-state index contributed by atoms with van der Waals surface area (Å²) in [4.78, 5) is 12.7.